The molecule has 0 heterocycles. The van der Waals surface area contributed by atoms with Gasteiger partial charge in [0.15, 0.2) is 0 Å². The minimum atomic E-state index is -4.17. The van der Waals surface area contributed by atoms with Crippen LogP contribution in [0.2, 0.25) is 0 Å². The monoisotopic (exact) mass is 191 g/mol. The first-order valence-corrected chi connectivity index (χ1v) is 4.14. The van der Waals surface area contributed by atoms with Gasteiger partial charge in [-0.1, -0.05) is 11.6 Å². The van der Waals surface area contributed by atoms with Crippen LogP contribution in [0.1, 0.15) is 6.92 Å². The summed E-state index contributed by atoms with van der Waals surface area (Å²) in [6, 6.07) is 0. The molecule has 0 unspecified atom stereocenters. The first-order chi connectivity index (χ1) is 4.47. The van der Waals surface area contributed by atoms with E-state index in [1.165, 1.54) is 6.92 Å². The van der Waals surface area contributed by atoms with Crippen LogP contribution in [0.25, 0.3) is 0 Å². The van der Waals surface area contributed by atoms with E-state index in [0.717, 1.165) is 0 Å². The topological polar surface area (TPSA) is 97.7 Å². The molecule has 6 nitrogen and oxygen atoms in total. The lowest BCUT2D eigenvalue weighted by molar-refractivity contribution is 0.283. The Hall–Kier alpha value is -0.180. The van der Waals surface area contributed by atoms with Crippen LogP contribution in [0, 0.1) is 0 Å². The van der Waals surface area contributed by atoms with E-state index in [2.05, 4.69) is 4.18 Å². The van der Waals surface area contributed by atoms with Crippen LogP contribution >= 0.6 is 0 Å². The summed E-state index contributed by atoms with van der Waals surface area (Å²) in [4.78, 5) is 0. The van der Waals surface area contributed by atoms with Crippen LogP contribution in [0.15, 0.2) is 0 Å². The molecule has 8 heteroatoms. The van der Waals surface area contributed by atoms with Crippen molar-refractivity contribution in [3.05, 3.63) is 0 Å². The third-order valence-electron chi connectivity index (χ3n) is 0.267. The predicted octanol–water partition coefficient (Wildman–Crippen LogP) is -0.682. The van der Waals surface area contributed by atoms with E-state index in [4.69, 9.17) is 13.0 Å². The molecule has 0 atom stereocenters. The fourth-order valence-corrected chi connectivity index (χ4v) is 0.447. The van der Waals surface area contributed by atoms with E-state index in [9.17, 15) is 8.42 Å². The molecule has 0 aromatic carbocycles. The summed E-state index contributed by atoms with van der Waals surface area (Å²) in [6.45, 7) is 1.44. The van der Waals surface area contributed by atoms with Gasteiger partial charge in [-0.15, -0.1) is 0 Å². The maximum absolute atomic E-state index is 9.56. The average molecular weight is 191 g/mol. The van der Waals surface area contributed by atoms with Crippen molar-refractivity contribution in [3.63, 3.8) is 0 Å². The molecule has 0 aliphatic rings. The van der Waals surface area contributed by atoms with Crippen molar-refractivity contribution >= 4 is 22.0 Å². The Kier molecular flexibility index (Phi) is 8.66. The van der Waals surface area contributed by atoms with E-state index in [1.807, 2.05) is 0 Å². The second-order valence-electron chi connectivity index (χ2n) is 0.909. The van der Waals surface area contributed by atoms with Crippen LogP contribution in [0.5, 0.6) is 0 Å². The summed E-state index contributed by atoms with van der Waals surface area (Å²) >= 11 is -1.08. The average Bonchev–Trinajstić information content (AvgIpc) is 1.63. The third-order valence-corrected chi connectivity index (χ3v) is 0.800. The van der Waals surface area contributed by atoms with E-state index in [-0.39, 0.29) is 6.61 Å². The van der Waals surface area contributed by atoms with Gasteiger partial charge >= 0.3 is 10.4 Å². The Balaban J connectivity index is 0. The molecule has 0 aromatic rings. The van der Waals surface area contributed by atoms with Crippen molar-refractivity contribution in [1.29, 1.82) is 0 Å². The van der Waals surface area contributed by atoms with Crippen molar-refractivity contribution in [2.45, 2.75) is 6.92 Å². The highest BCUT2D eigenvalue weighted by Crippen LogP contribution is 1.81. The fourth-order valence-electron chi connectivity index (χ4n) is 0.149. The number of thiol groups is 1. The minimum absolute atomic E-state index is 0.0289. The molecule has 1 N–H and O–H groups in total. The van der Waals surface area contributed by atoms with Gasteiger partial charge in [0.25, 0.3) is 0 Å². The quantitative estimate of drug-likeness (QED) is 0.352. The number of rotatable bonds is 2. The highest BCUT2D eigenvalue weighted by molar-refractivity contribution is 7.80. The van der Waals surface area contributed by atoms with Gasteiger partial charge in [0.2, 0.25) is 0 Å². The van der Waals surface area contributed by atoms with E-state index in [1.54, 1.807) is 0 Å². The summed E-state index contributed by atoms with van der Waals surface area (Å²) in [5, 5.41) is 0. The van der Waals surface area contributed by atoms with Gasteiger partial charge in [0.1, 0.15) is 0 Å². The first kappa shape index (κ1) is 12.5. The lowest BCUT2D eigenvalue weighted by Crippen LogP contribution is -2.01. The van der Waals surface area contributed by atoms with Crippen LogP contribution in [-0.2, 0) is 34.6 Å². The van der Waals surface area contributed by atoms with Crippen LogP contribution < -0.4 is 0 Å². The molecule has 0 fully saturated rings. The van der Waals surface area contributed by atoms with Crippen molar-refractivity contribution in [1.82, 2.24) is 0 Å². The second-order valence-corrected chi connectivity index (χ2v) is 2.15. The smallest absolute Gasteiger partial charge is 0.397 e. The molecule has 0 spiro atoms. The van der Waals surface area contributed by atoms with Gasteiger partial charge in [0, 0.05) is 0 Å². The molecule has 10 heavy (non-hydrogen) atoms. The molecule has 0 aliphatic carbocycles. The van der Waals surface area contributed by atoms with Gasteiger partial charge in [-0.25, -0.2) is 4.18 Å². The SMILES string of the molecule is CCOS(=O)(=O)O.O=[SH-]=O. The predicted molar refractivity (Wildman–Crippen MR) is 33.3 cm³/mol. The van der Waals surface area contributed by atoms with E-state index in [0.29, 0.717) is 0 Å². The van der Waals surface area contributed by atoms with Crippen LogP contribution in [-0.4, -0.2) is 19.6 Å². The van der Waals surface area contributed by atoms with Crippen molar-refractivity contribution in [2.75, 3.05) is 6.61 Å². The minimum Gasteiger partial charge on any atom is -0.427 e. The second kappa shape index (κ2) is 6.93. The zero-order valence-electron chi connectivity index (χ0n) is 5.05. The van der Waals surface area contributed by atoms with Crippen LogP contribution in [0.4, 0.5) is 0 Å². The first-order valence-electron chi connectivity index (χ1n) is 2.04. The molecule has 0 aromatic heterocycles. The molecule has 0 saturated heterocycles. The lowest BCUT2D eigenvalue weighted by Gasteiger charge is -1.88. The molecule has 64 valence electrons. The standard InChI is InChI=1S/C2H6O4S.HO2S/c1-2-6-7(3,4)5;1-3-2/h2H2,1H3,(H,3,4,5);3H/q;-1. The zero-order chi connectivity index (χ0) is 8.62. The summed E-state index contributed by atoms with van der Waals surface area (Å²) in [5.41, 5.74) is 0. The summed E-state index contributed by atoms with van der Waals surface area (Å²) in [5.74, 6) is 0. The van der Waals surface area contributed by atoms with E-state index >= 15 is 0 Å². The fraction of sp³-hybridized carbons (Fsp3) is 1.00. The van der Waals surface area contributed by atoms with E-state index < -0.39 is 22.0 Å². The molecular formula is C2H7O6S2-. The summed E-state index contributed by atoms with van der Waals surface area (Å²) < 4.78 is 47.3. The molecule has 0 aliphatic heterocycles. The van der Waals surface area contributed by atoms with Crippen molar-refractivity contribution in [2.24, 2.45) is 0 Å². The highest BCUT2D eigenvalue weighted by atomic mass is 32.3. The van der Waals surface area contributed by atoms with Gasteiger partial charge in [-0.05, 0) is 6.92 Å². The van der Waals surface area contributed by atoms with Gasteiger partial charge in [-0.2, -0.15) is 8.42 Å². The Morgan fingerprint density at radius 2 is 1.80 bits per heavy atom. The van der Waals surface area contributed by atoms with Gasteiger partial charge < -0.3 is 8.42 Å². The number of hydrogen-bond acceptors (Lipinski definition) is 6. The number of hydrogen-bond donors (Lipinski definition) is 1. The Morgan fingerprint density at radius 3 is 1.80 bits per heavy atom. The lowest BCUT2D eigenvalue weighted by atomic mass is 10.9. The Bertz CT molecular complexity index is 186. The Labute approximate surface area is 61.8 Å². The maximum atomic E-state index is 9.56. The van der Waals surface area contributed by atoms with Gasteiger partial charge in [-0.3, -0.25) is 4.55 Å². The summed E-state index contributed by atoms with van der Waals surface area (Å²) in [6.07, 6.45) is 0. The largest absolute Gasteiger partial charge is 0.427 e. The molecule has 0 radical (unpaired) electrons. The summed E-state index contributed by atoms with van der Waals surface area (Å²) in [7, 11) is -4.17. The Morgan fingerprint density at radius 1 is 1.50 bits per heavy atom. The maximum Gasteiger partial charge on any atom is 0.397 e. The molecular weight excluding hydrogens is 184 g/mol. The molecule has 0 amide bonds. The van der Waals surface area contributed by atoms with Crippen molar-refractivity contribution in [3.8, 4) is 0 Å². The molecule has 0 rings (SSSR count). The molecule has 0 saturated carbocycles. The third kappa shape index (κ3) is 24.9. The zero-order valence-corrected chi connectivity index (χ0v) is 6.76. The molecule has 0 bridgehead atoms. The van der Waals surface area contributed by atoms with Crippen LogP contribution in [0.3, 0.4) is 0 Å². The van der Waals surface area contributed by atoms with Gasteiger partial charge in [0.05, 0.1) is 6.61 Å². The highest BCUT2D eigenvalue weighted by Gasteiger charge is 1.98. The van der Waals surface area contributed by atoms with Crippen molar-refractivity contribution < 1.29 is 25.6 Å². The normalized spacial score (nSPS) is 9.80.